The lowest BCUT2D eigenvalue weighted by molar-refractivity contribution is 0.0381. The molecule has 102 valence electrons. The van der Waals surface area contributed by atoms with Gasteiger partial charge in [-0.3, -0.25) is 0 Å². The summed E-state index contributed by atoms with van der Waals surface area (Å²) in [4.78, 5) is 4.46. The molecule has 2 heterocycles. The molecule has 1 fully saturated rings. The predicted molar refractivity (Wildman–Crippen MR) is 75.3 cm³/mol. The molecular weight excluding hydrogens is 254 g/mol. The molecule has 1 aromatic carbocycles. The number of nitrogens with one attached hydrogen (secondary N) is 1. The molecule has 0 radical (unpaired) electrons. The summed E-state index contributed by atoms with van der Waals surface area (Å²) in [7, 11) is 0. The van der Waals surface area contributed by atoms with Crippen molar-refractivity contribution in [2.75, 3.05) is 25.1 Å². The molecule has 1 atom stereocenters. The van der Waals surface area contributed by atoms with Gasteiger partial charge in [-0.15, -0.1) is 0 Å². The van der Waals surface area contributed by atoms with Crippen LogP contribution in [0.2, 0.25) is 0 Å². The first kappa shape index (κ1) is 12.9. The fourth-order valence-corrected chi connectivity index (χ4v) is 2.35. The van der Waals surface area contributed by atoms with Crippen LogP contribution in [-0.4, -0.2) is 35.5 Å². The minimum absolute atomic E-state index is 0.332. The van der Waals surface area contributed by atoms with Crippen molar-refractivity contribution in [2.24, 2.45) is 0 Å². The van der Waals surface area contributed by atoms with Crippen LogP contribution in [0.1, 0.15) is 12.0 Å². The summed E-state index contributed by atoms with van der Waals surface area (Å²) in [5.74, 6) is 0.598. The summed E-state index contributed by atoms with van der Waals surface area (Å²) in [6.45, 7) is 1.27. The van der Waals surface area contributed by atoms with E-state index in [2.05, 4.69) is 16.4 Å². The highest BCUT2D eigenvalue weighted by Crippen LogP contribution is 2.22. The van der Waals surface area contributed by atoms with Crippen LogP contribution >= 0.6 is 0 Å². The zero-order chi connectivity index (χ0) is 14.0. The molecule has 2 N–H and O–H groups in total. The Morgan fingerprint density at radius 1 is 1.45 bits per heavy atom. The molecule has 1 aliphatic rings. The minimum Gasteiger partial charge on any atom is -0.386 e. The summed E-state index contributed by atoms with van der Waals surface area (Å²) in [6.07, 6.45) is 0.610. The molecule has 1 unspecified atom stereocenters. The Kier molecular flexibility index (Phi) is 3.26. The Balaban J connectivity index is 1.87. The number of hydrogen-bond donors (Lipinski definition) is 2. The van der Waals surface area contributed by atoms with Gasteiger partial charge in [-0.1, -0.05) is 18.2 Å². The fourth-order valence-electron chi connectivity index (χ4n) is 2.35. The number of ether oxygens (including phenoxy) is 1. The SMILES string of the molecule is N#Cc1cc(NCC2(O)CCOC2)nc2ccccc12. The second kappa shape index (κ2) is 5.08. The van der Waals surface area contributed by atoms with Crippen molar-refractivity contribution >= 4 is 16.7 Å². The van der Waals surface area contributed by atoms with Crippen molar-refractivity contribution in [1.82, 2.24) is 4.98 Å². The lowest BCUT2D eigenvalue weighted by Crippen LogP contribution is -2.37. The van der Waals surface area contributed by atoms with Crippen LogP contribution in [0.3, 0.4) is 0 Å². The summed E-state index contributed by atoms with van der Waals surface area (Å²) in [5, 5.41) is 23.4. The van der Waals surface area contributed by atoms with Crippen LogP contribution in [0, 0.1) is 11.3 Å². The van der Waals surface area contributed by atoms with Gasteiger partial charge in [-0.05, 0) is 12.1 Å². The summed E-state index contributed by atoms with van der Waals surface area (Å²) >= 11 is 0. The molecule has 1 aromatic heterocycles. The zero-order valence-corrected chi connectivity index (χ0v) is 11.0. The molecule has 1 aliphatic heterocycles. The van der Waals surface area contributed by atoms with E-state index in [0.717, 1.165) is 10.9 Å². The highest BCUT2D eigenvalue weighted by Gasteiger charge is 2.32. The number of rotatable bonds is 3. The molecule has 3 rings (SSSR count). The first-order chi connectivity index (χ1) is 9.70. The quantitative estimate of drug-likeness (QED) is 0.886. The number of nitrogens with zero attached hydrogens (tertiary/aromatic N) is 2. The average molecular weight is 269 g/mol. The molecular formula is C15H15N3O2. The monoisotopic (exact) mass is 269 g/mol. The van der Waals surface area contributed by atoms with Gasteiger partial charge in [0.1, 0.15) is 11.4 Å². The third kappa shape index (κ3) is 2.44. The topological polar surface area (TPSA) is 78.2 Å². The summed E-state index contributed by atoms with van der Waals surface area (Å²) in [6, 6.07) is 11.4. The van der Waals surface area contributed by atoms with Gasteiger partial charge in [0.05, 0.1) is 23.8 Å². The molecule has 5 heteroatoms. The maximum Gasteiger partial charge on any atom is 0.128 e. The standard InChI is InChI=1S/C15H15N3O2/c16-8-11-7-14(17-9-15(19)5-6-20-10-15)18-13-4-2-1-3-12(11)13/h1-4,7,19H,5-6,9-10H2,(H,17,18). The predicted octanol–water partition coefficient (Wildman–Crippen LogP) is 1.67. The first-order valence-electron chi connectivity index (χ1n) is 6.54. The number of para-hydroxylation sites is 1. The van der Waals surface area contributed by atoms with Crippen LogP contribution in [-0.2, 0) is 4.74 Å². The molecule has 5 nitrogen and oxygen atoms in total. The Morgan fingerprint density at radius 2 is 2.30 bits per heavy atom. The van der Waals surface area contributed by atoms with Gasteiger partial charge in [-0.2, -0.15) is 5.26 Å². The largest absolute Gasteiger partial charge is 0.386 e. The van der Waals surface area contributed by atoms with Crippen LogP contribution in [0.4, 0.5) is 5.82 Å². The number of hydrogen-bond acceptors (Lipinski definition) is 5. The zero-order valence-electron chi connectivity index (χ0n) is 11.0. The van der Waals surface area contributed by atoms with Crippen LogP contribution < -0.4 is 5.32 Å². The number of benzene rings is 1. The Hall–Kier alpha value is -2.16. The van der Waals surface area contributed by atoms with Crippen LogP contribution in [0.5, 0.6) is 0 Å². The highest BCUT2D eigenvalue weighted by atomic mass is 16.5. The molecule has 0 spiro atoms. The third-order valence-electron chi connectivity index (χ3n) is 3.52. The summed E-state index contributed by atoms with van der Waals surface area (Å²) < 4.78 is 5.20. The van der Waals surface area contributed by atoms with Gasteiger partial charge in [0.2, 0.25) is 0 Å². The van der Waals surface area contributed by atoms with E-state index < -0.39 is 5.60 Å². The van der Waals surface area contributed by atoms with Crippen molar-refractivity contribution in [3.05, 3.63) is 35.9 Å². The van der Waals surface area contributed by atoms with Gasteiger partial charge in [0.25, 0.3) is 0 Å². The van der Waals surface area contributed by atoms with Gasteiger partial charge < -0.3 is 15.2 Å². The maximum absolute atomic E-state index is 10.2. The summed E-state index contributed by atoms with van der Waals surface area (Å²) in [5.41, 5.74) is 0.497. The van der Waals surface area contributed by atoms with Crippen molar-refractivity contribution < 1.29 is 9.84 Å². The van der Waals surface area contributed by atoms with E-state index >= 15 is 0 Å². The van der Waals surface area contributed by atoms with Crippen molar-refractivity contribution in [1.29, 1.82) is 5.26 Å². The minimum atomic E-state index is -0.847. The lowest BCUT2D eigenvalue weighted by Gasteiger charge is -2.21. The van der Waals surface area contributed by atoms with Crippen LogP contribution in [0.15, 0.2) is 30.3 Å². The van der Waals surface area contributed by atoms with Gasteiger partial charge in [0, 0.05) is 25.0 Å². The van der Waals surface area contributed by atoms with Gasteiger partial charge >= 0.3 is 0 Å². The van der Waals surface area contributed by atoms with E-state index in [4.69, 9.17) is 4.74 Å². The number of nitriles is 1. The number of aliphatic hydroxyl groups is 1. The number of fused-ring (bicyclic) bond motifs is 1. The molecule has 2 aromatic rings. The van der Waals surface area contributed by atoms with Gasteiger partial charge in [0.15, 0.2) is 0 Å². The Morgan fingerprint density at radius 3 is 3.05 bits per heavy atom. The molecule has 0 saturated carbocycles. The molecule has 0 bridgehead atoms. The second-order valence-corrected chi connectivity index (χ2v) is 5.06. The van der Waals surface area contributed by atoms with Crippen molar-refractivity contribution in [3.63, 3.8) is 0 Å². The third-order valence-corrected chi connectivity index (χ3v) is 3.52. The van der Waals surface area contributed by atoms with Crippen molar-refractivity contribution in [3.8, 4) is 6.07 Å². The van der Waals surface area contributed by atoms with E-state index in [1.165, 1.54) is 0 Å². The van der Waals surface area contributed by atoms with Crippen molar-refractivity contribution in [2.45, 2.75) is 12.0 Å². The van der Waals surface area contributed by atoms with E-state index in [1.807, 2.05) is 24.3 Å². The maximum atomic E-state index is 10.2. The molecule has 0 aliphatic carbocycles. The number of pyridine rings is 1. The molecule has 1 saturated heterocycles. The van der Waals surface area contributed by atoms with Gasteiger partial charge in [-0.25, -0.2) is 4.98 Å². The van der Waals surface area contributed by atoms with Crippen LogP contribution in [0.25, 0.3) is 10.9 Å². The van der Waals surface area contributed by atoms with E-state index in [0.29, 0.717) is 37.6 Å². The Labute approximate surface area is 116 Å². The van der Waals surface area contributed by atoms with E-state index in [1.54, 1.807) is 6.07 Å². The van der Waals surface area contributed by atoms with E-state index in [9.17, 15) is 10.4 Å². The second-order valence-electron chi connectivity index (χ2n) is 5.06. The Bertz CT molecular complexity index is 672. The lowest BCUT2D eigenvalue weighted by atomic mass is 10.0. The van der Waals surface area contributed by atoms with E-state index in [-0.39, 0.29) is 0 Å². The first-order valence-corrected chi connectivity index (χ1v) is 6.54. The molecule has 20 heavy (non-hydrogen) atoms. The number of aromatic nitrogens is 1. The highest BCUT2D eigenvalue weighted by molar-refractivity contribution is 5.86. The average Bonchev–Trinajstić information content (AvgIpc) is 2.91. The normalized spacial score (nSPS) is 21.8. The fraction of sp³-hybridized carbons (Fsp3) is 0.333. The number of anilines is 1. The molecule has 0 amide bonds. The smallest absolute Gasteiger partial charge is 0.128 e.